The molecule has 3 N–H and O–H groups in total. The molecule has 19 heteroatoms. The smallest absolute Gasteiger partial charge is 0.462 e. The van der Waals surface area contributed by atoms with Crippen LogP contribution in [-0.2, 0) is 65.4 Å². The molecule has 0 bridgehead atoms. The highest BCUT2D eigenvalue weighted by molar-refractivity contribution is 7.47. The number of phosphoric acid groups is 2. The van der Waals surface area contributed by atoms with Crippen molar-refractivity contribution in [2.24, 2.45) is 11.8 Å². The van der Waals surface area contributed by atoms with E-state index in [1.54, 1.807) is 0 Å². The van der Waals surface area contributed by atoms with Crippen LogP contribution in [0.2, 0.25) is 0 Å². The molecular weight excluding hydrogens is 1220 g/mol. The molecule has 17 nitrogen and oxygen atoms in total. The van der Waals surface area contributed by atoms with Gasteiger partial charge in [-0.05, 0) is 63.2 Å². The third kappa shape index (κ3) is 67.9. The van der Waals surface area contributed by atoms with Gasteiger partial charge in [0, 0.05) is 25.7 Å². The van der Waals surface area contributed by atoms with Crippen LogP contribution in [0.15, 0.2) is 24.3 Å². The third-order valence-corrected chi connectivity index (χ3v) is 18.5. The number of aliphatic hydroxyl groups is 1. The van der Waals surface area contributed by atoms with Crippen molar-refractivity contribution in [2.45, 2.75) is 374 Å². The Labute approximate surface area is 567 Å². The van der Waals surface area contributed by atoms with E-state index < -0.39 is 97.5 Å². The maximum atomic E-state index is 13.1. The number of rotatable bonds is 71. The minimum Gasteiger partial charge on any atom is -0.462 e. The number of allylic oxidation sites excluding steroid dienone is 4. The summed E-state index contributed by atoms with van der Waals surface area (Å²) in [6.07, 6.45) is 54.8. The van der Waals surface area contributed by atoms with E-state index >= 15 is 0 Å². The van der Waals surface area contributed by atoms with E-state index in [1.807, 2.05) is 0 Å². The van der Waals surface area contributed by atoms with E-state index in [0.29, 0.717) is 25.7 Å². The van der Waals surface area contributed by atoms with Crippen LogP contribution >= 0.6 is 15.6 Å². The summed E-state index contributed by atoms with van der Waals surface area (Å²) in [4.78, 5) is 72.7. The Bertz CT molecular complexity index is 1900. The first-order valence-electron chi connectivity index (χ1n) is 37.8. The lowest BCUT2D eigenvalue weighted by atomic mass is 10.0. The minimum atomic E-state index is -4.96. The molecule has 0 aromatic rings. The van der Waals surface area contributed by atoms with E-state index in [9.17, 15) is 43.2 Å². The lowest BCUT2D eigenvalue weighted by Gasteiger charge is -2.21. The summed E-state index contributed by atoms with van der Waals surface area (Å²) >= 11 is 0. The van der Waals surface area contributed by atoms with Gasteiger partial charge in [0.05, 0.1) is 26.4 Å². The van der Waals surface area contributed by atoms with Gasteiger partial charge in [-0.15, -0.1) is 0 Å². The van der Waals surface area contributed by atoms with Crippen LogP contribution in [0.3, 0.4) is 0 Å². The molecule has 0 radical (unpaired) electrons. The Hall–Kier alpha value is -2.46. The van der Waals surface area contributed by atoms with Crippen molar-refractivity contribution in [2.75, 3.05) is 39.6 Å². The molecule has 0 aromatic heterocycles. The second-order valence-electron chi connectivity index (χ2n) is 27.0. The highest BCUT2D eigenvalue weighted by Crippen LogP contribution is 2.45. The SMILES string of the molecule is CCCCCC/C=C\C=C/CCCCCCCC(=O)O[C@H](COC(=O)CCCCCCCCCCCCCC(C)C)COP(=O)(O)OC[C@@H](O)COP(=O)(O)OC[C@@H](COC(=O)CCCCCCCCCCCCC)OC(=O)CCCCCCCCCCCCC(C)C. The molecule has 0 amide bonds. The number of aliphatic hydroxyl groups excluding tert-OH is 1. The van der Waals surface area contributed by atoms with Gasteiger partial charge in [0.1, 0.15) is 19.3 Å². The molecule has 0 aliphatic carbocycles. The number of carbonyl (C=O) groups is 4. The third-order valence-electron chi connectivity index (χ3n) is 16.6. The summed E-state index contributed by atoms with van der Waals surface area (Å²) in [5.41, 5.74) is 0. The number of hydrogen-bond acceptors (Lipinski definition) is 15. The molecule has 0 spiro atoms. The summed E-state index contributed by atoms with van der Waals surface area (Å²) in [6.45, 7) is 9.50. The first-order chi connectivity index (χ1) is 44.9. The number of unbranched alkanes of at least 4 members (excludes halogenated alkanes) is 38. The highest BCUT2D eigenvalue weighted by Gasteiger charge is 2.30. The van der Waals surface area contributed by atoms with Crippen molar-refractivity contribution in [3.63, 3.8) is 0 Å². The maximum absolute atomic E-state index is 13.1. The monoisotopic (exact) mass is 1360 g/mol. The Kier molecular flexibility index (Phi) is 63.7. The molecule has 5 atom stereocenters. The minimum absolute atomic E-state index is 0.0849. The van der Waals surface area contributed by atoms with Gasteiger partial charge in [-0.25, -0.2) is 9.13 Å². The highest BCUT2D eigenvalue weighted by atomic mass is 31.2. The lowest BCUT2D eigenvalue weighted by molar-refractivity contribution is -0.161. The quantitative estimate of drug-likeness (QED) is 0.0169. The molecule has 93 heavy (non-hydrogen) atoms. The molecule has 0 saturated heterocycles. The topological polar surface area (TPSA) is 237 Å². The van der Waals surface area contributed by atoms with Gasteiger partial charge in [0.25, 0.3) is 0 Å². The molecule has 0 saturated carbocycles. The van der Waals surface area contributed by atoms with Crippen LogP contribution in [0.4, 0.5) is 0 Å². The number of esters is 4. The number of hydrogen-bond donors (Lipinski definition) is 3. The molecule has 0 aliphatic rings. The number of phosphoric ester groups is 2. The standard InChI is InChI=1S/C74H140O17P2/c1-7-9-11-13-15-17-19-20-21-22-26-34-40-46-52-58-73(78)90-69(63-85-72(77)57-51-45-39-33-27-23-25-30-36-42-48-54-66(3)4)64-88-92(80,81)86-60-68(75)61-87-93(82,83)89-65-70(62-84-71(76)56-50-44-38-32-24-18-16-14-12-10-8-2)91-74(79)59-53-47-41-35-29-28-31-37-43-49-55-67(5)6/h17,19-21,66-70,75H,7-16,18,22-65H2,1-6H3,(H,80,81)(H,82,83)/b19-17-,21-20-/t68-,69-,70-/m1/s1. The van der Waals surface area contributed by atoms with Gasteiger partial charge < -0.3 is 33.8 Å². The molecule has 548 valence electrons. The van der Waals surface area contributed by atoms with Gasteiger partial charge in [0.2, 0.25) is 0 Å². The van der Waals surface area contributed by atoms with E-state index in [4.69, 9.17) is 37.0 Å². The first-order valence-corrected chi connectivity index (χ1v) is 40.8. The zero-order valence-electron chi connectivity index (χ0n) is 60.0. The molecule has 0 aromatic carbocycles. The summed E-state index contributed by atoms with van der Waals surface area (Å²) in [6, 6.07) is 0. The zero-order chi connectivity index (χ0) is 68.6. The van der Waals surface area contributed by atoms with Crippen LogP contribution in [-0.4, -0.2) is 96.7 Å². The average molecular weight is 1360 g/mol. The second-order valence-corrected chi connectivity index (χ2v) is 29.9. The fraction of sp³-hybridized carbons (Fsp3) is 0.892. The predicted octanol–water partition coefficient (Wildman–Crippen LogP) is 21.1. The van der Waals surface area contributed by atoms with Gasteiger partial charge in [0.15, 0.2) is 12.2 Å². The normalized spacial score (nSPS) is 14.2. The number of ether oxygens (including phenoxy) is 4. The number of carbonyl (C=O) groups excluding carboxylic acids is 4. The van der Waals surface area contributed by atoms with E-state index in [1.165, 1.54) is 161 Å². The van der Waals surface area contributed by atoms with Crippen molar-refractivity contribution in [3.8, 4) is 0 Å². The van der Waals surface area contributed by atoms with Gasteiger partial charge >= 0.3 is 39.5 Å². The fourth-order valence-electron chi connectivity index (χ4n) is 10.8. The van der Waals surface area contributed by atoms with Gasteiger partial charge in [-0.1, -0.05) is 303 Å². The predicted molar refractivity (Wildman–Crippen MR) is 377 cm³/mol. The Morgan fingerprint density at radius 1 is 0.333 bits per heavy atom. The molecule has 0 fully saturated rings. The zero-order valence-corrected chi connectivity index (χ0v) is 61.8. The summed E-state index contributed by atoms with van der Waals surface area (Å²) in [5, 5.41) is 10.6. The van der Waals surface area contributed by atoms with Crippen molar-refractivity contribution in [3.05, 3.63) is 24.3 Å². The Balaban J connectivity index is 5.30. The Morgan fingerprint density at radius 3 is 0.882 bits per heavy atom. The molecule has 2 unspecified atom stereocenters. The summed E-state index contributed by atoms with van der Waals surface area (Å²) < 4.78 is 68.4. The Morgan fingerprint density at radius 2 is 0.581 bits per heavy atom. The molecule has 0 aliphatic heterocycles. The lowest BCUT2D eigenvalue weighted by Crippen LogP contribution is -2.30. The van der Waals surface area contributed by atoms with Crippen LogP contribution in [0.5, 0.6) is 0 Å². The fourth-order valence-corrected chi connectivity index (χ4v) is 12.3. The van der Waals surface area contributed by atoms with Crippen molar-refractivity contribution in [1.82, 2.24) is 0 Å². The van der Waals surface area contributed by atoms with Gasteiger partial charge in [-0.3, -0.25) is 37.3 Å². The van der Waals surface area contributed by atoms with Crippen LogP contribution in [0, 0.1) is 11.8 Å². The first kappa shape index (κ1) is 90.5. The van der Waals surface area contributed by atoms with E-state index in [-0.39, 0.29) is 25.7 Å². The summed E-state index contributed by atoms with van der Waals surface area (Å²) in [7, 11) is -9.92. The molecule has 0 rings (SSSR count). The molecular formula is C74H140O17P2. The average Bonchev–Trinajstić information content (AvgIpc) is 1.78. The van der Waals surface area contributed by atoms with Crippen LogP contribution < -0.4 is 0 Å². The molecule has 0 heterocycles. The maximum Gasteiger partial charge on any atom is 0.472 e. The van der Waals surface area contributed by atoms with E-state index in [0.717, 1.165) is 115 Å². The van der Waals surface area contributed by atoms with Gasteiger partial charge in [-0.2, -0.15) is 0 Å². The van der Waals surface area contributed by atoms with Crippen molar-refractivity contribution >= 4 is 39.5 Å². The summed E-state index contributed by atoms with van der Waals surface area (Å²) in [5.74, 6) is -0.629. The second kappa shape index (κ2) is 65.5. The van der Waals surface area contributed by atoms with Crippen LogP contribution in [0.25, 0.3) is 0 Å². The largest absolute Gasteiger partial charge is 0.472 e. The van der Waals surface area contributed by atoms with E-state index in [2.05, 4.69) is 65.8 Å². The van der Waals surface area contributed by atoms with Crippen LogP contribution in [0.1, 0.15) is 356 Å². The van der Waals surface area contributed by atoms with Crippen molar-refractivity contribution in [1.29, 1.82) is 0 Å². The van der Waals surface area contributed by atoms with Crippen molar-refractivity contribution < 1.29 is 80.2 Å².